The fourth-order valence-electron chi connectivity index (χ4n) is 3.39. The van der Waals surface area contributed by atoms with Crippen LogP contribution in [-0.2, 0) is 13.0 Å². The first kappa shape index (κ1) is 23.1. The number of para-hydroxylation sites is 1. The van der Waals surface area contributed by atoms with Crippen LogP contribution in [0.3, 0.4) is 0 Å². The van der Waals surface area contributed by atoms with E-state index in [9.17, 15) is 4.79 Å². The highest BCUT2D eigenvalue weighted by molar-refractivity contribution is 5.94. The van der Waals surface area contributed by atoms with Crippen molar-refractivity contribution in [2.45, 2.75) is 19.9 Å². The van der Waals surface area contributed by atoms with E-state index in [1.165, 1.54) is 0 Å². The molecule has 168 valence electrons. The molecule has 0 radical (unpaired) electrons. The maximum atomic E-state index is 12.2. The molecule has 0 atom stereocenters. The predicted octanol–water partition coefficient (Wildman–Crippen LogP) is 3.21. The van der Waals surface area contributed by atoms with E-state index in [4.69, 9.17) is 4.99 Å². The summed E-state index contributed by atoms with van der Waals surface area (Å²) >= 11 is 0. The van der Waals surface area contributed by atoms with Gasteiger partial charge in [0, 0.05) is 58.1 Å². The number of benzene rings is 2. The van der Waals surface area contributed by atoms with Crippen molar-refractivity contribution in [2.75, 3.05) is 34.2 Å². The molecule has 0 saturated carbocycles. The molecule has 7 nitrogen and oxygen atoms in total. The van der Waals surface area contributed by atoms with Crippen LogP contribution in [0.1, 0.15) is 28.4 Å². The van der Waals surface area contributed by atoms with Gasteiger partial charge < -0.3 is 15.1 Å². The van der Waals surface area contributed by atoms with Crippen LogP contribution in [0.5, 0.6) is 0 Å². The van der Waals surface area contributed by atoms with E-state index in [-0.39, 0.29) is 5.91 Å². The first-order chi connectivity index (χ1) is 15.5. The molecule has 3 rings (SSSR count). The van der Waals surface area contributed by atoms with Crippen LogP contribution >= 0.6 is 0 Å². The molecule has 1 amide bonds. The number of aliphatic imine (C=N–C) groups is 1. The molecule has 0 aliphatic heterocycles. The normalized spacial score (nSPS) is 11.3. The van der Waals surface area contributed by atoms with Crippen molar-refractivity contribution in [3.63, 3.8) is 0 Å². The Kier molecular flexibility index (Phi) is 8.02. The number of guanidine groups is 1. The SMILES string of the molecule is CCNC(=NCCc1cccc(C(=O)N(C)C)c1)N(C)Cc1cnn(-c2ccccc2)c1. The highest BCUT2D eigenvalue weighted by Crippen LogP contribution is 2.10. The van der Waals surface area contributed by atoms with Crippen LogP contribution in [0, 0.1) is 0 Å². The van der Waals surface area contributed by atoms with E-state index in [0.717, 1.165) is 35.7 Å². The highest BCUT2D eigenvalue weighted by atomic mass is 16.2. The molecule has 0 aliphatic rings. The lowest BCUT2D eigenvalue weighted by Crippen LogP contribution is -2.38. The Bertz CT molecular complexity index is 1040. The molecule has 7 heteroatoms. The molecule has 1 aromatic heterocycles. The fourth-order valence-corrected chi connectivity index (χ4v) is 3.39. The summed E-state index contributed by atoms with van der Waals surface area (Å²) in [5.41, 5.74) is 3.95. The lowest BCUT2D eigenvalue weighted by Gasteiger charge is -2.21. The summed E-state index contributed by atoms with van der Waals surface area (Å²) in [4.78, 5) is 20.7. The molecule has 2 aromatic carbocycles. The van der Waals surface area contributed by atoms with Gasteiger partial charge in [0.15, 0.2) is 5.96 Å². The molecular weight excluding hydrogens is 400 g/mol. The molecule has 0 unspecified atom stereocenters. The number of nitrogens with one attached hydrogen (secondary N) is 1. The first-order valence-electron chi connectivity index (χ1n) is 10.9. The molecular formula is C25H32N6O. The number of carbonyl (C=O) groups excluding carboxylic acids is 1. The van der Waals surface area contributed by atoms with Crippen LogP contribution in [0.2, 0.25) is 0 Å². The van der Waals surface area contributed by atoms with Gasteiger partial charge in [0.1, 0.15) is 0 Å². The van der Waals surface area contributed by atoms with Crippen molar-refractivity contribution in [3.8, 4) is 5.69 Å². The number of amides is 1. The van der Waals surface area contributed by atoms with Crippen molar-refractivity contribution < 1.29 is 4.79 Å². The topological polar surface area (TPSA) is 65.8 Å². The van der Waals surface area contributed by atoms with Crippen molar-refractivity contribution >= 4 is 11.9 Å². The lowest BCUT2D eigenvalue weighted by atomic mass is 10.1. The van der Waals surface area contributed by atoms with Gasteiger partial charge >= 0.3 is 0 Å². The third-order valence-electron chi connectivity index (χ3n) is 5.02. The minimum Gasteiger partial charge on any atom is -0.357 e. The molecule has 0 bridgehead atoms. The summed E-state index contributed by atoms with van der Waals surface area (Å²) < 4.78 is 1.88. The van der Waals surface area contributed by atoms with E-state index in [2.05, 4.69) is 22.2 Å². The standard InChI is InChI=1S/C25H32N6O/c1-5-26-25(27-15-14-20-10-9-11-22(16-20)24(32)29(2)3)30(4)18-21-17-28-31(19-21)23-12-7-6-8-13-23/h6-13,16-17,19H,5,14-15,18H2,1-4H3,(H,26,27). The number of carbonyl (C=O) groups is 1. The van der Waals surface area contributed by atoms with Crippen molar-refractivity contribution in [2.24, 2.45) is 4.99 Å². The Morgan fingerprint density at radius 1 is 1.06 bits per heavy atom. The zero-order valence-electron chi connectivity index (χ0n) is 19.3. The Morgan fingerprint density at radius 3 is 2.56 bits per heavy atom. The summed E-state index contributed by atoms with van der Waals surface area (Å²) in [5.74, 6) is 0.861. The smallest absolute Gasteiger partial charge is 0.253 e. The maximum absolute atomic E-state index is 12.2. The van der Waals surface area contributed by atoms with E-state index in [0.29, 0.717) is 18.7 Å². The summed E-state index contributed by atoms with van der Waals surface area (Å²) in [6.07, 6.45) is 4.70. The van der Waals surface area contributed by atoms with Gasteiger partial charge in [-0.3, -0.25) is 9.79 Å². The number of rotatable bonds is 8. The maximum Gasteiger partial charge on any atom is 0.253 e. The average molecular weight is 433 g/mol. The van der Waals surface area contributed by atoms with Gasteiger partial charge in [0.2, 0.25) is 0 Å². The molecule has 3 aromatic rings. The second-order valence-corrected chi connectivity index (χ2v) is 7.87. The summed E-state index contributed by atoms with van der Waals surface area (Å²) in [6.45, 7) is 4.19. The first-order valence-corrected chi connectivity index (χ1v) is 10.9. The Hall–Kier alpha value is -3.61. The fraction of sp³-hybridized carbons (Fsp3) is 0.320. The van der Waals surface area contributed by atoms with Crippen molar-refractivity contribution in [3.05, 3.63) is 83.7 Å². The second-order valence-electron chi connectivity index (χ2n) is 7.87. The van der Waals surface area contributed by atoms with Gasteiger partial charge in [0.25, 0.3) is 5.91 Å². The third kappa shape index (κ3) is 6.20. The van der Waals surface area contributed by atoms with Crippen LogP contribution in [0.4, 0.5) is 0 Å². The minimum absolute atomic E-state index is 0.0134. The Morgan fingerprint density at radius 2 is 1.84 bits per heavy atom. The number of aromatic nitrogens is 2. The van der Waals surface area contributed by atoms with Crippen LogP contribution in [0.15, 0.2) is 72.0 Å². The largest absolute Gasteiger partial charge is 0.357 e. The molecule has 1 N–H and O–H groups in total. The highest BCUT2D eigenvalue weighted by Gasteiger charge is 2.10. The monoisotopic (exact) mass is 432 g/mol. The van der Waals surface area contributed by atoms with Crippen LogP contribution < -0.4 is 5.32 Å². The van der Waals surface area contributed by atoms with Crippen LogP contribution in [-0.4, -0.2) is 65.7 Å². The molecule has 1 heterocycles. The van der Waals surface area contributed by atoms with Gasteiger partial charge in [-0.15, -0.1) is 0 Å². The van der Waals surface area contributed by atoms with E-state index in [1.54, 1.807) is 19.0 Å². The van der Waals surface area contributed by atoms with E-state index in [1.807, 2.05) is 78.7 Å². The molecule has 0 fully saturated rings. The van der Waals surface area contributed by atoms with Gasteiger partial charge in [-0.05, 0) is 43.2 Å². The number of nitrogens with zero attached hydrogens (tertiary/aromatic N) is 5. The lowest BCUT2D eigenvalue weighted by molar-refractivity contribution is 0.0827. The van der Waals surface area contributed by atoms with E-state index < -0.39 is 0 Å². The van der Waals surface area contributed by atoms with Gasteiger partial charge in [-0.2, -0.15) is 5.10 Å². The number of hydrogen-bond acceptors (Lipinski definition) is 3. The zero-order chi connectivity index (χ0) is 22.9. The summed E-state index contributed by atoms with van der Waals surface area (Å²) in [6, 6.07) is 17.8. The quantitative estimate of drug-likeness (QED) is 0.439. The Balaban J connectivity index is 1.63. The number of hydrogen-bond donors (Lipinski definition) is 1. The minimum atomic E-state index is 0.0134. The van der Waals surface area contributed by atoms with Gasteiger partial charge in [-0.1, -0.05) is 30.3 Å². The molecule has 0 spiro atoms. The molecule has 0 saturated heterocycles. The van der Waals surface area contributed by atoms with Gasteiger partial charge in [-0.25, -0.2) is 4.68 Å². The van der Waals surface area contributed by atoms with E-state index >= 15 is 0 Å². The predicted molar refractivity (Wildman–Crippen MR) is 129 cm³/mol. The second kappa shape index (κ2) is 11.1. The van der Waals surface area contributed by atoms with Gasteiger partial charge in [0.05, 0.1) is 11.9 Å². The summed E-state index contributed by atoms with van der Waals surface area (Å²) in [5, 5.41) is 7.84. The zero-order valence-corrected chi connectivity index (χ0v) is 19.3. The summed E-state index contributed by atoms with van der Waals surface area (Å²) in [7, 11) is 5.56. The van der Waals surface area contributed by atoms with Crippen molar-refractivity contribution in [1.29, 1.82) is 0 Å². The van der Waals surface area contributed by atoms with Crippen molar-refractivity contribution in [1.82, 2.24) is 24.9 Å². The molecule has 32 heavy (non-hydrogen) atoms. The van der Waals surface area contributed by atoms with Crippen LogP contribution in [0.25, 0.3) is 5.69 Å². The third-order valence-corrected chi connectivity index (χ3v) is 5.02. The average Bonchev–Trinajstić information content (AvgIpc) is 3.27. The Labute approximate surface area is 190 Å². The molecule has 0 aliphatic carbocycles.